The summed E-state index contributed by atoms with van der Waals surface area (Å²) in [7, 11) is 0. The predicted molar refractivity (Wildman–Crippen MR) is 79.9 cm³/mol. The van der Waals surface area contributed by atoms with Crippen LogP contribution in [0.3, 0.4) is 0 Å². The molecule has 3 unspecified atom stereocenters. The predicted octanol–water partition coefficient (Wildman–Crippen LogP) is 2.84. The van der Waals surface area contributed by atoms with Gasteiger partial charge in [-0.2, -0.15) is 11.8 Å². The lowest BCUT2D eigenvalue weighted by molar-refractivity contribution is 0.236. The second-order valence-electron chi connectivity index (χ2n) is 5.44. The van der Waals surface area contributed by atoms with E-state index in [0.717, 1.165) is 11.2 Å². The SMILES string of the molecule is CCC(C)C1CN(CCC(C)SC)CCCN1. The Balaban J connectivity index is 2.37. The van der Waals surface area contributed by atoms with Crippen LogP contribution in [0.5, 0.6) is 0 Å². The first-order chi connectivity index (χ1) is 8.17. The van der Waals surface area contributed by atoms with Gasteiger partial charge in [0, 0.05) is 17.8 Å². The summed E-state index contributed by atoms with van der Waals surface area (Å²) in [5, 5.41) is 4.52. The molecule has 3 heteroatoms. The van der Waals surface area contributed by atoms with Gasteiger partial charge in [-0.25, -0.2) is 0 Å². The van der Waals surface area contributed by atoms with Gasteiger partial charge in [-0.05, 0) is 44.6 Å². The van der Waals surface area contributed by atoms with Crippen LogP contribution in [-0.2, 0) is 0 Å². The van der Waals surface area contributed by atoms with Crippen LogP contribution in [0.4, 0.5) is 0 Å². The third-order valence-electron chi connectivity index (χ3n) is 4.10. The van der Waals surface area contributed by atoms with E-state index in [4.69, 9.17) is 0 Å². The van der Waals surface area contributed by atoms with Crippen LogP contribution in [-0.4, -0.2) is 48.6 Å². The molecule has 0 aromatic carbocycles. The molecule has 0 aromatic heterocycles. The van der Waals surface area contributed by atoms with Gasteiger partial charge in [0.1, 0.15) is 0 Å². The standard InChI is InChI=1S/C14H30N2S/c1-5-12(2)14-11-16(9-6-8-15-14)10-7-13(3)17-4/h12-15H,5-11H2,1-4H3. The van der Waals surface area contributed by atoms with E-state index in [1.165, 1.54) is 45.4 Å². The number of thioether (sulfide) groups is 1. The van der Waals surface area contributed by atoms with E-state index in [9.17, 15) is 0 Å². The van der Waals surface area contributed by atoms with Crippen molar-refractivity contribution < 1.29 is 0 Å². The van der Waals surface area contributed by atoms with Crippen LogP contribution in [0, 0.1) is 5.92 Å². The molecule has 1 N–H and O–H groups in total. The second kappa shape index (κ2) is 8.39. The van der Waals surface area contributed by atoms with Crippen molar-refractivity contribution in [2.75, 3.05) is 32.4 Å². The number of hydrogen-bond donors (Lipinski definition) is 1. The minimum Gasteiger partial charge on any atom is -0.312 e. The zero-order valence-electron chi connectivity index (χ0n) is 12.0. The molecule has 1 fully saturated rings. The van der Waals surface area contributed by atoms with E-state index in [1.54, 1.807) is 0 Å². The Kier molecular flexibility index (Phi) is 7.56. The molecule has 1 aliphatic heterocycles. The molecular formula is C14H30N2S. The van der Waals surface area contributed by atoms with Gasteiger partial charge in [-0.15, -0.1) is 0 Å². The second-order valence-corrected chi connectivity index (χ2v) is 6.71. The van der Waals surface area contributed by atoms with Crippen molar-refractivity contribution in [3.8, 4) is 0 Å². The number of hydrogen-bond acceptors (Lipinski definition) is 3. The molecule has 0 aliphatic carbocycles. The van der Waals surface area contributed by atoms with Crippen molar-refractivity contribution in [2.45, 2.75) is 51.3 Å². The number of nitrogens with one attached hydrogen (secondary N) is 1. The van der Waals surface area contributed by atoms with E-state index >= 15 is 0 Å². The topological polar surface area (TPSA) is 15.3 Å². The lowest BCUT2D eigenvalue weighted by Crippen LogP contribution is -2.42. The molecule has 102 valence electrons. The zero-order chi connectivity index (χ0) is 12.7. The fourth-order valence-electron chi connectivity index (χ4n) is 2.38. The number of rotatable bonds is 6. The van der Waals surface area contributed by atoms with Crippen molar-refractivity contribution in [1.82, 2.24) is 10.2 Å². The summed E-state index contributed by atoms with van der Waals surface area (Å²) in [6.07, 6.45) is 6.14. The van der Waals surface area contributed by atoms with E-state index in [-0.39, 0.29) is 0 Å². The van der Waals surface area contributed by atoms with E-state index in [0.29, 0.717) is 6.04 Å². The highest BCUT2D eigenvalue weighted by atomic mass is 32.2. The largest absolute Gasteiger partial charge is 0.312 e. The zero-order valence-corrected chi connectivity index (χ0v) is 12.9. The highest BCUT2D eigenvalue weighted by molar-refractivity contribution is 7.99. The molecule has 1 saturated heterocycles. The minimum absolute atomic E-state index is 0.701. The molecule has 0 saturated carbocycles. The van der Waals surface area contributed by atoms with Crippen molar-refractivity contribution in [2.24, 2.45) is 5.92 Å². The van der Waals surface area contributed by atoms with Gasteiger partial charge in [0.05, 0.1) is 0 Å². The normalized spacial score (nSPS) is 26.5. The van der Waals surface area contributed by atoms with Crippen LogP contribution in [0.2, 0.25) is 0 Å². The average Bonchev–Trinajstić information content (AvgIpc) is 2.60. The van der Waals surface area contributed by atoms with Crippen LogP contribution < -0.4 is 5.32 Å². The molecule has 0 radical (unpaired) electrons. The fraction of sp³-hybridized carbons (Fsp3) is 1.00. The third kappa shape index (κ3) is 5.62. The van der Waals surface area contributed by atoms with Crippen LogP contribution in [0.25, 0.3) is 0 Å². The monoisotopic (exact) mass is 258 g/mol. The van der Waals surface area contributed by atoms with Crippen molar-refractivity contribution in [1.29, 1.82) is 0 Å². The van der Waals surface area contributed by atoms with Gasteiger partial charge >= 0.3 is 0 Å². The quantitative estimate of drug-likeness (QED) is 0.789. The highest BCUT2D eigenvalue weighted by Crippen LogP contribution is 2.15. The first-order valence-electron chi connectivity index (χ1n) is 7.15. The molecule has 1 aliphatic rings. The Labute approximate surface area is 112 Å². The summed E-state index contributed by atoms with van der Waals surface area (Å²) in [6, 6.07) is 0.701. The molecule has 0 bridgehead atoms. The lowest BCUT2D eigenvalue weighted by atomic mass is 9.99. The molecule has 1 rings (SSSR count). The van der Waals surface area contributed by atoms with Gasteiger partial charge in [-0.1, -0.05) is 27.2 Å². The van der Waals surface area contributed by atoms with Crippen molar-refractivity contribution >= 4 is 11.8 Å². The maximum Gasteiger partial charge on any atom is 0.0220 e. The van der Waals surface area contributed by atoms with Gasteiger partial charge in [0.15, 0.2) is 0 Å². The summed E-state index contributed by atoms with van der Waals surface area (Å²) in [4.78, 5) is 2.67. The Hall–Kier alpha value is 0.270. The molecule has 0 amide bonds. The summed E-state index contributed by atoms with van der Waals surface area (Å²) >= 11 is 1.99. The summed E-state index contributed by atoms with van der Waals surface area (Å²) in [5.74, 6) is 0.800. The first-order valence-corrected chi connectivity index (χ1v) is 8.44. The molecule has 0 spiro atoms. The Morgan fingerprint density at radius 3 is 2.82 bits per heavy atom. The number of nitrogens with zero attached hydrogens (tertiary/aromatic N) is 1. The molecule has 0 aromatic rings. The Morgan fingerprint density at radius 1 is 1.41 bits per heavy atom. The molecule has 2 nitrogen and oxygen atoms in total. The van der Waals surface area contributed by atoms with Crippen LogP contribution in [0.15, 0.2) is 0 Å². The van der Waals surface area contributed by atoms with Gasteiger partial charge in [0.25, 0.3) is 0 Å². The molecular weight excluding hydrogens is 228 g/mol. The average molecular weight is 258 g/mol. The summed E-state index contributed by atoms with van der Waals surface area (Å²) in [6.45, 7) is 12.0. The Bertz CT molecular complexity index is 199. The van der Waals surface area contributed by atoms with E-state index in [1.807, 2.05) is 11.8 Å². The van der Waals surface area contributed by atoms with Crippen LogP contribution in [0.1, 0.15) is 40.0 Å². The van der Waals surface area contributed by atoms with Crippen molar-refractivity contribution in [3.63, 3.8) is 0 Å². The Morgan fingerprint density at radius 2 is 2.18 bits per heavy atom. The smallest absolute Gasteiger partial charge is 0.0220 e. The van der Waals surface area contributed by atoms with E-state index in [2.05, 4.69) is 37.2 Å². The third-order valence-corrected chi connectivity index (χ3v) is 5.14. The molecule has 1 heterocycles. The maximum absolute atomic E-state index is 3.72. The van der Waals surface area contributed by atoms with Gasteiger partial charge in [-0.3, -0.25) is 0 Å². The molecule has 3 atom stereocenters. The first kappa shape index (κ1) is 15.3. The van der Waals surface area contributed by atoms with Gasteiger partial charge in [0.2, 0.25) is 0 Å². The maximum atomic E-state index is 3.72. The van der Waals surface area contributed by atoms with Crippen molar-refractivity contribution in [3.05, 3.63) is 0 Å². The summed E-state index contributed by atoms with van der Waals surface area (Å²) < 4.78 is 0. The van der Waals surface area contributed by atoms with E-state index < -0.39 is 0 Å². The summed E-state index contributed by atoms with van der Waals surface area (Å²) in [5.41, 5.74) is 0. The fourth-order valence-corrected chi connectivity index (χ4v) is 2.72. The minimum atomic E-state index is 0.701. The highest BCUT2D eigenvalue weighted by Gasteiger charge is 2.21. The lowest BCUT2D eigenvalue weighted by Gasteiger charge is -2.28. The molecule has 17 heavy (non-hydrogen) atoms. The van der Waals surface area contributed by atoms with Crippen LogP contribution >= 0.6 is 11.8 Å². The van der Waals surface area contributed by atoms with Gasteiger partial charge < -0.3 is 10.2 Å².